The van der Waals surface area contributed by atoms with Crippen LogP contribution in [-0.4, -0.2) is 19.3 Å². The molecule has 0 amide bonds. The summed E-state index contributed by atoms with van der Waals surface area (Å²) in [4.78, 5) is 0. The molecule has 1 aromatic rings. The Morgan fingerprint density at radius 2 is 1.86 bits per heavy atom. The Labute approximate surface area is 122 Å². The van der Waals surface area contributed by atoms with Gasteiger partial charge in [0, 0.05) is 12.2 Å². The Bertz CT molecular complexity index is 509. The van der Waals surface area contributed by atoms with Gasteiger partial charge in [-0.3, -0.25) is 0 Å². The number of hydrogen-bond donors (Lipinski definition) is 1. The normalized spacial score (nSPS) is 27.1. The zero-order valence-corrected chi connectivity index (χ0v) is 11.6. The van der Waals surface area contributed by atoms with Crippen molar-refractivity contribution in [1.29, 1.82) is 0 Å². The highest BCUT2D eigenvalue weighted by molar-refractivity contribution is 5.46. The molecule has 1 saturated carbocycles. The minimum absolute atomic E-state index is 0.237. The Morgan fingerprint density at radius 3 is 2.43 bits per heavy atom. The lowest BCUT2D eigenvalue weighted by Crippen LogP contribution is -2.19. The lowest BCUT2D eigenvalue weighted by Gasteiger charge is -2.19. The summed E-state index contributed by atoms with van der Waals surface area (Å²) in [5.74, 6) is 2.35. The predicted octanol–water partition coefficient (Wildman–Crippen LogP) is 4.25. The Hall–Kier alpha value is -1.65. The van der Waals surface area contributed by atoms with Gasteiger partial charge in [-0.1, -0.05) is 12.2 Å². The molecule has 1 aromatic carbocycles. The van der Waals surface area contributed by atoms with E-state index >= 15 is 0 Å². The molecule has 1 fully saturated rings. The molecule has 21 heavy (non-hydrogen) atoms. The van der Waals surface area contributed by atoms with Crippen molar-refractivity contribution in [2.24, 2.45) is 17.8 Å². The zero-order valence-electron chi connectivity index (χ0n) is 11.6. The molecule has 3 unspecified atom stereocenters. The van der Waals surface area contributed by atoms with Gasteiger partial charge in [-0.2, -0.15) is 13.2 Å². The number of benzene rings is 1. The topological polar surface area (TPSA) is 21.3 Å². The van der Waals surface area contributed by atoms with Crippen LogP contribution in [0.1, 0.15) is 12.8 Å². The van der Waals surface area contributed by atoms with E-state index in [0.29, 0.717) is 11.8 Å². The monoisotopic (exact) mass is 297 g/mol. The Balaban J connectivity index is 1.47. The Kier molecular flexibility index (Phi) is 3.83. The first kappa shape index (κ1) is 14.3. The lowest BCUT2D eigenvalue weighted by molar-refractivity contribution is -0.153. The van der Waals surface area contributed by atoms with E-state index in [9.17, 15) is 13.2 Å². The molecule has 0 radical (unpaired) electrons. The van der Waals surface area contributed by atoms with E-state index in [4.69, 9.17) is 0 Å². The molecule has 2 aliphatic rings. The van der Waals surface area contributed by atoms with Crippen molar-refractivity contribution in [3.05, 3.63) is 36.4 Å². The van der Waals surface area contributed by atoms with Gasteiger partial charge in [-0.15, -0.1) is 0 Å². The van der Waals surface area contributed by atoms with E-state index in [1.165, 1.54) is 12.8 Å². The second kappa shape index (κ2) is 5.62. The van der Waals surface area contributed by atoms with Crippen LogP contribution in [0.2, 0.25) is 0 Å². The quantitative estimate of drug-likeness (QED) is 0.820. The van der Waals surface area contributed by atoms with Crippen LogP contribution in [0.25, 0.3) is 0 Å². The Morgan fingerprint density at radius 1 is 1.10 bits per heavy atom. The first-order valence-electron chi connectivity index (χ1n) is 7.21. The van der Waals surface area contributed by atoms with Gasteiger partial charge in [0.15, 0.2) is 6.61 Å². The van der Waals surface area contributed by atoms with Crippen molar-refractivity contribution in [3.63, 3.8) is 0 Å². The van der Waals surface area contributed by atoms with Gasteiger partial charge in [0.25, 0.3) is 0 Å². The second-order valence-electron chi connectivity index (χ2n) is 5.85. The number of rotatable bonds is 5. The van der Waals surface area contributed by atoms with E-state index in [2.05, 4.69) is 22.2 Å². The number of alkyl halides is 3. The molecular formula is C16H18F3NO. The minimum Gasteiger partial charge on any atom is -0.484 e. The van der Waals surface area contributed by atoms with Gasteiger partial charge in [0.2, 0.25) is 0 Å². The summed E-state index contributed by atoms with van der Waals surface area (Å²) < 4.78 is 40.8. The maximum atomic E-state index is 12.0. The van der Waals surface area contributed by atoms with Gasteiger partial charge >= 0.3 is 6.18 Å². The molecule has 0 saturated heterocycles. The van der Waals surface area contributed by atoms with Gasteiger partial charge < -0.3 is 10.1 Å². The van der Waals surface area contributed by atoms with Crippen LogP contribution >= 0.6 is 0 Å². The van der Waals surface area contributed by atoms with E-state index < -0.39 is 12.8 Å². The van der Waals surface area contributed by atoms with Crippen LogP contribution in [-0.2, 0) is 0 Å². The van der Waals surface area contributed by atoms with E-state index in [-0.39, 0.29) is 5.75 Å². The standard InChI is InChI=1S/C16H18F3NO/c17-16(18,19)10-21-15-5-3-14(4-6-15)20-9-13-8-11-1-2-12(13)7-11/h1-6,11-13,20H,7-10H2. The van der Waals surface area contributed by atoms with Crippen molar-refractivity contribution in [1.82, 2.24) is 0 Å². The largest absolute Gasteiger partial charge is 0.484 e. The van der Waals surface area contributed by atoms with Crippen LogP contribution in [0, 0.1) is 17.8 Å². The van der Waals surface area contributed by atoms with E-state index in [0.717, 1.165) is 18.2 Å². The molecule has 2 bridgehead atoms. The highest BCUT2D eigenvalue weighted by Crippen LogP contribution is 2.43. The third-order valence-electron chi connectivity index (χ3n) is 4.24. The fraction of sp³-hybridized carbons (Fsp3) is 0.500. The predicted molar refractivity (Wildman–Crippen MR) is 75.3 cm³/mol. The number of nitrogens with one attached hydrogen (secondary N) is 1. The first-order valence-corrected chi connectivity index (χ1v) is 7.21. The van der Waals surface area contributed by atoms with Crippen LogP contribution in [0.4, 0.5) is 18.9 Å². The average molecular weight is 297 g/mol. The molecule has 3 atom stereocenters. The molecule has 0 aliphatic heterocycles. The summed E-state index contributed by atoms with van der Waals surface area (Å²) in [6.45, 7) is -0.342. The van der Waals surface area contributed by atoms with Crippen LogP contribution < -0.4 is 10.1 Å². The van der Waals surface area contributed by atoms with Gasteiger partial charge in [-0.25, -0.2) is 0 Å². The molecule has 2 nitrogen and oxygen atoms in total. The number of anilines is 1. The summed E-state index contributed by atoms with van der Waals surface area (Å²) >= 11 is 0. The fourth-order valence-corrected chi connectivity index (χ4v) is 3.21. The van der Waals surface area contributed by atoms with Crippen molar-refractivity contribution in [2.75, 3.05) is 18.5 Å². The fourth-order valence-electron chi connectivity index (χ4n) is 3.21. The van der Waals surface area contributed by atoms with E-state index in [1.54, 1.807) is 24.3 Å². The second-order valence-corrected chi connectivity index (χ2v) is 5.85. The third kappa shape index (κ3) is 3.71. The maximum absolute atomic E-state index is 12.0. The maximum Gasteiger partial charge on any atom is 0.422 e. The highest BCUT2D eigenvalue weighted by Gasteiger charge is 2.35. The SMILES string of the molecule is FC(F)(F)COc1ccc(NCC2CC3C=CC2C3)cc1. The number of hydrogen-bond acceptors (Lipinski definition) is 2. The minimum atomic E-state index is -4.30. The molecule has 1 N–H and O–H groups in total. The number of ether oxygens (including phenoxy) is 1. The molecule has 114 valence electrons. The van der Waals surface area contributed by atoms with Gasteiger partial charge in [-0.05, 0) is 54.9 Å². The van der Waals surface area contributed by atoms with Crippen molar-refractivity contribution in [2.45, 2.75) is 19.0 Å². The summed E-state index contributed by atoms with van der Waals surface area (Å²) in [6.07, 6.45) is 2.84. The van der Waals surface area contributed by atoms with Crippen LogP contribution in [0.15, 0.2) is 36.4 Å². The molecular weight excluding hydrogens is 279 g/mol. The van der Waals surface area contributed by atoms with E-state index in [1.807, 2.05) is 0 Å². The average Bonchev–Trinajstić information content (AvgIpc) is 3.05. The number of allylic oxidation sites excluding steroid dienone is 2. The summed E-state index contributed by atoms with van der Waals surface area (Å²) in [7, 11) is 0. The molecule has 0 aromatic heterocycles. The third-order valence-corrected chi connectivity index (χ3v) is 4.24. The van der Waals surface area contributed by atoms with Gasteiger partial charge in [0.1, 0.15) is 5.75 Å². The van der Waals surface area contributed by atoms with Crippen molar-refractivity contribution in [3.8, 4) is 5.75 Å². The molecule has 3 rings (SSSR count). The van der Waals surface area contributed by atoms with Crippen molar-refractivity contribution < 1.29 is 17.9 Å². The zero-order chi connectivity index (χ0) is 14.9. The summed E-state index contributed by atoms with van der Waals surface area (Å²) in [5, 5.41) is 3.36. The highest BCUT2D eigenvalue weighted by atomic mass is 19.4. The number of halogens is 3. The lowest BCUT2D eigenvalue weighted by atomic mass is 9.93. The first-order chi connectivity index (χ1) is 9.99. The van der Waals surface area contributed by atoms with Crippen LogP contribution in [0.3, 0.4) is 0 Å². The van der Waals surface area contributed by atoms with Crippen molar-refractivity contribution >= 4 is 5.69 Å². The molecule has 5 heteroatoms. The molecule has 0 spiro atoms. The molecule has 2 aliphatic carbocycles. The number of fused-ring (bicyclic) bond motifs is 2. The summed E-state index contributed by atoms with van der Waals surface area (Å²) in [6, 6.07) is 6.65. The van der Waals surface area contributed by atoms with Gasteiger partial charge in [0.05, 0.1) is 0 Å². The smallest absolute Gasteiger partial charge is 0.422 e. The van der Waals surface area contributed by atoms with Crippen LogP contribution in [0.5, 0.6) is 5.75 Å². The summed E-state index contributed by atoms with van der Waals surface area (Å²) in [5.41, 5.74) is 0.918. The molecule has 0 heterocycles.